The first-order valence-electron chi connectivity index (χ1n) is 9.76. The van der Waals surface area contributed by atoms with Gasteiger partial charge in [0.05, 0.1) is 30.8 Å². The molecule has 0 spiro atoms. The number of carbonyl (C=O) groups excluding carboxylic acids is 1. The Balaban J connectivity index is 1.45. The molecule has 1 saturated heterocycles. The lowest BCUT2D eigenvalue weighted by atomic mass is 10.1. The average molecular weight is 431 g/mol. The molecule has 152 valence electrons. The van der Waals surface area contributed by atoms with Crippen LogP contribution in [0.15, 0.2) is 39.7 Å². The lowest BCUT2D eigenvalue weighted by molar-refractivity contribution is -0.908. The quantitative estimate of drug-likeness (QED) is 0.554. The van der Waals surface area contributed by atoms with Crippen LogP contribution in [0.2, 0.25) is 0 Å². The summed E-state index contributed by atoms with van der Waals surface area (Å²) in [6.45, 7) is 7.41. The molecule has 0 atom stereocenters. The molecule has 1 aromatic carbocycles. The van der Waals surface area contributed by atoms with E-state index in [9.17, 15) is 4.79 Å². The first-order valence-corrected chi connectivity index (χ1v) is 11.4. The number of rotatable bonds is 7. The molecule has 1 amide bonds. The maximum absolute atomic E-state index is 12.9. The Bertz CT molecular complexity index is 988. The van der Waals surface area contributed by atoms with Crippen LogP contribution in [-0.4, -0.2) is 60.5 Å². The second kappa shape index (κ2) is 9.62. The maximum Gasteiger partial charge on any atom is 0.252 e. The standard InChI is InChI=1S/C20H23N5O2S2/c1-14-23-24-20(28-14)29-18-13-16(15-5-2-3-6-17(15)22-18)19(26)21-7-4-8-25-9-11-27-12-10-25/h2-3,5-6,13H,4,7-12H2,1H3,(H,21,26)/p+1. The van der Waals surface area contributed by atoms with Crippen LogP contribution in [0.4, 0.5) is 0 Å². The minimum Gasteiger partial charge on any atom is -0.370 e. The Kier molecular flexibility index (Phi) is 6.70. The fourth-order valence-corrected chi connectivity index (χ4v) is 5.13. The fraction of sp³-hybridized carbons (Fsp3) is 0.400. The number of morpholine rings is 1. The molecule has 7 nitrogen and oxygen atoms in total. The van der Waals surface area contributed by atoms with Gasteiger partial charge in [0.25, 0.3) is 5.91 Å². The van der Waals surface area contributed by atoms with Crippen LogP contribution in [0.25, 0.3) is 10.9 Å². The van der Waals surface area contributed by atoms with Gasteiger partial charge in [-0.3, -0.25) is 4.79 Å². The number of nitrogens with zero attached hydrogens (tertiary/aromatic N) is 3. The van der Waals surface area contributed by atoms with E-state index in [0.29, 0.717) is 12.1 Å². The molecule has 0 radical (unpaired) electrons. The Hall–Kier alpha value is -2.07. The highest BCUT2D eigenvalue weighted by molar-refractivity contribution is 8.01. The zero-order chi connectivity index (χ0) is 20.1. The van der Waals surface area contributed by atoms with E-state index in [0.717, 1.165) is 64.5 Å². The number of ether oxygens (including phenoxy) is 1. The topological polar surface area (TPSA) is 81.4 Å². The van der Waals surface area contributed by atoms with Gasteiger partial charge in [0.2, 0.25) is 0 Å². The molecule has 1 fully saturated rings. The summed E-state index contributed by atoms with van der Waals surface area (Å²) < 4.78 is 6.22. The van der Waals surface area contributed by atoms with Crippen molar-refractivity contribution in [1.29, 1.82) is 0 Å². The van der Waals surface area contributed by atoms with Crippen molar-refractivity contribution in [2.75, 3.05) is 39.4 Å². The van der Waals surface area contributed by atoms with Crippen molar-refractivity contribution in [1.82, 2.24) is 20.5 Å². The summed E-state index contributed by atoms with van der Waals surface area (Å²) in [4.78, 5) is 19.2. The lowest BCUT2D eigenvalue weighted by Gasteiger charge is -2.23. The van der Waals surface area contributed by atoms with Gasteiger partial charge in [0, 0.05) is 18.4 Å². The van der Waals surface area contributed by atoms with E-state index in [1.54, 1.807) is 4.90 Å². The number of pyridine rings is 1. The van der Waals surface area contributed by atoms with Crippen LogP contribution >= 0.6 is 23.1 Å². The van der Waals surface area contributed by atoms with Crippen LogP contribution in [0, 0.1) is 6.92 Å². The van der Waals surface area contributed by atoms with E-state index < -0.39 is 0 Å². The molecule has 29 heavy (non-hydrogen) atoms. The second-order valence-corrected chi connectivity index (χ2v) is 9.39. The normalized spacial score (nSPS) is 14.9. The SMILES string of the molecule is Cc1nnc(Sc2cc(C(=O)NCCC[NH+]3CCOCC3)c3ccccc3n2)s1. The molecule has 2 N–H and O–H groups in total. The molecule has 1 aliphatic heterocycles. The number of aromatic nitrogens is 3. The first-order chi connectivity index (χ1) is 14.2. The zero-order valence-corrected chi connectivity index (χ0v) is 17.9. The second-order valence-electron chi connectivity index (χ2n) is 6.94. The van der Waals surface area contributed by atoms with Crippen molar-refractivity contribution in [3.8, 4) is 0 Å². The molecule has 9 heteroatoms. The number of hydrogen-bond donors (Lipinski definition) is 2. The molecule has 3 heterocycles. The summed E-state index contributed by atoms with van der Waals surface area (Å²) in [6.07, 6.45) is 0.954. The highest BCUT2D eigenvalue weighted by atomic mass is 32.2. The summed E-state index contributed by atoms with van der Waals surface area (Å²) in [6, 6.07) is 9.60. The summed E-state index contributed by atoms with van der Waals surface area (Å²) in [5.74, 6) is -0.0594. The van der Waals surface area contributed by atoms with Gasteiger partial charge in [-0.25, -0.2) is 4.98 Å². The monoisotopic (exact) mass is 430 g/mol. The third kappa shape index (κ3) is 5.30. The van der Waals surface area contributed by atoms with Gasteiger partial charge < -0.3 is 15.0 Å². The van der Waals surface area contributed by atoms with Gasteiger partial charge in [-0.15, -0.1) is 10.2 Å². The number of benzene rings is 1. The van der Waals surface area contributed by atoms with Crippen LogP contribution < -0.4 is 10.2 Å². The van der Waals surface area contributed by atoms with E-state index in [1.165, 1.54) is 23.1 Å². The molecular weight excluding hydrogens is 406 g/mol. The predicted octanol–water partition coefficient (Wildman–Crippen LogP) is 1.58. The number of aryl methyl sites for hydroxylation is 1. The van der Waals surface area contributed by atoms with Crippen molar-refractivity contribution in [2.24, 2.45) is 0 Å². The molecule has 3 aromatic rings. The van der Waals surface area contributed by atoms with E-state index >= 15 is 0 Å². The maximum atomic E-state index is 12.9. The molecular formula is C20H24N5O2S2+. The predicted molar refractivity (Wildman–Crippen MR) is 114 cm³/mol. The molecule has 1 aliphatic rings. The number of para-hydroxylation sites is 1. The average Bonchev–Trinajstić information content (AvgIpc) is 3.15. The smallest absolute Gasteiger partial charge is 0.252 e. The Morgan fingerprint density at radius 1 is 1.28 bits per heavy atom. The third-order valence-corrected chi connectivity index (χ3v) is 6.64. The number of fused-ring (bicyclic) bond motifs is 1. The lowest BCUT2D eigenvalue weighted by Crippen LogP contribution is -3.14. The largest absolute Gasteiger partial charge is 0.370 e. The van der Waals surface area contributed by atoms with Gasteiger partial charge in [0.15, 0.2) is 4.34 Å². The van der Waals surface area contributed by atoms with Crippen molar-refractivity contribution in [3.05, 3.63) is 40.9 Å². The van der Waals surface area contributed by atoms with Crippen molar-refractivity contribution >= 4 is 39.9 Å². The van der Waals surface area contributed by atoms with Crippen LogP contribution in [0.3, 0.4) is 0 Å². The number of quaternary nitrogens is 1. The number of nitrogens with one attached hydrogen (secondary N) is 2. The van der Waals surface area contributed by atoms with Gasteiger partial charge >= 0.3 is 0 Å². The van der Waals surface area contributed by atoms with Gasteiger partial charge in [0.1, 0.15) is 23.1 Å². The van der Waals surface area contributed by atoms with Gasteiger partial charge in [-0.2, -0.15) is 0 Å². The minimum absolute atomic E-state index is 0.0594. The molecule has 0 saturated carbocycles. The van der Waals surface area contributed by atoms with Crippen molar-refractivity contribution in [2.45, 2.75) is 22.7 Å². The zero-order valence-electron chi connectivity index (χ0n) is 16.3. The molecule has 0 bridgehead atoms. The van der Waals surface area contributed by atoms with E-state index in [4.69, 9.17) is 4.74 Å². The van der Waals surface area contributed by atoms with Crippen molar-refractivity contribution in [3.63, 3.8) is 0 Å². The van der Waals surface area contributed by atoms with Gasteiger partial charge in [-0.05, 0) is 30.8 Å². The Morgan fingerprint density at radius 3 is 2.90 bits per heavy atom. The number of hydrogen-bond acceptors (Lipinski definition) is 7. The van der Waals surface area contributed by atoms with Crippen LogP contribution in [-0.2, 0) is 4.74 Å². The highest BCUT2D eigenvalue weighted by Gasteiger charge is 2.16. The highest BCUT2D eigenvalue weighted by Crippen LogP contribution is 2.31. The summed E-state index contributed by atoms with van der Waals surface area (Å²) in [7, 11) is 0. The minimum atomic E-state index is -0.0594. The van der Waals surface area contributed by atoms with E-state index in [1.807, 2.05) is 37.3 Å². The summed E-state index contributed by atoms with van der Waals surface area (Å²) >= 11 is 2.96. The summed E-state index contributed by atoms with van der Waals surface area (Å²) in [5.41, 5.74) is 1.46. The van der Waals surface area contributed by atoms with Crippen LogP contribution in [0.5, 0.6) is 0 Å². The van der Waals surface area contributed by atoms with Crippen LogP contribution in [0.1, 0.15) is 21.8 Å². The van der Waals surface area contributed by atoms with E-state index in [2.05, 4.69) is 20.5 Å². The molecule has 0 unspecified atom stereocenters. The molecule has 2 aromatic heterocycles. The van der Waals surface area contributed by atoms with E-state index in [-0.39, 0.29) is 5.91 Å². The number of carbonyl (C=O) groups is 1. The first kappa shape index (κ1) is 20.2. The molecule has 0 aliphatic carbocycles. The third-order valence-electron chi connectivity index (χ3n) is 4.83. The molecule has 4 rings (SSSR count). The number of amides is 1. The Morgan fingerprint density at radius 2 is 2.10 bits per heavy atom. The summed E-state index contributed by atoms with van der Waals surface area (Å²) in [5, 5.41) is 13.8. The fourth-order valence-electron chi connectivity index (χ4n) is 3.35. The van der Waals surface area contributed by atoms with Gasteiger partial charge in [-0.1, -0.05) is 29.5 Å². The Labute approximate surface area is 177 Å². The van der Waals surface area contributed by atoms with Crippen molar-refractivity contribution < 1.29 is 14.4 Å².